The van der Waals surface area contributed by atoms with Gasteiger partial charge in [-0.1, -0.05) is 24.3 Å². The molecule has 0 fully saturated rings. The first-order valence-electron chi connectivity index (χ1n) is 10.8. The number of carboxylic acid groups (broad SMARTS) is 1. The maximum Gasteiger partial charge on any atom is 2.00 e. The van der Waals surface area contributed by atoms with Crippen molar-refractivity contribution in [3.8, 4) is 23.0 Å². The van der Waals surface area contributed by atoms with Crippen molar-refractivity contribution in [3.05, 3.63) is 71.8 Å². The first-order valence-corrected chi connectivity index (χ1v) is 10.8. The standard InChI is InChI=1S/C24H22N2O5.C2H4O2.Mn/c27-23-17-5-3-9-21(23)30-13-11-29-12-14-31-22-10-4-6-18(24(22)28)16-26-20-8-2-1-7-19(20)25-15-17;1-2(3)4;/h1-10,15-16,27-28H,11-14H2;1H3,(H,3,4);/q;;+2. The maximum atomic E-state index is 10.5. The number of aliphatic carboxylic acids is 1. The van der Waals surface area contributed by atoms with Crippen molar-refractivity contribution in [2.45, 2.75) is 6.92 Å². The Morgan fingerprint density at radius 2 is 1.14 bits per heavy atom. The number of hydrogen-bond acceptors (Lipinski definition) is 8. The minimum Gasteiger partial charge on any atom is -0.504 e. The Hall–Kier alpha value is -3.85. The Kier molecular flexibility index (Phi) is 11.5. The third-order valence-corrected chi connectivity index (χ3v) is 4.60. The number of aromatic hydroxyl groups is 2. The third kappa shape index (κ3) is 8.42. The van der Waals surface area contributed by atoms with Crippen LogP contribution in [0.5, 0.6) is 23.0 Å². The normalized spacial score (nSPS) is 13.0. The first-order chi connectivity index (χ1) is 17.0. The molecule has 0 amide bonds. The molecule has 3 aromatic carbocycles. The second-order valence-electron chi connectivity index (χ2n) is 7.22. The van der Waals surface area contributed by atoms with Gasteiger partial charge in [-0.3, -0.25) is 14.8 Å². The van der Waals surface area contributed by atoms with Gasteiger partial charge >= 0.3 is 17.1 Å². The predicted octanol–water partition coefficient (Wildman–Crippen LogP) is 4.48. The number of carboxylic acids is 1. The van der Waals surface area contributed by atoms with E-state index in [1.54, 1.807) is 48.8 Å². The molecule has 0 unspecified atom stereocenters. The van der Waals surface area contributed by atoms with Gasteiger partial charge in [0.05, 0.1) is 24.6 Å². The third-order valence-electron chi connectivity index (χ3n) is 4.60. The van der Waals surface area contributed by atoms with Crippen LogP contribution in [0.4, 0.5) is 11.4 Å². The summed E-state index contributed by atoms with van der Waals surface area (Å²) in [5.41, 5.74) is 2.27. The van der Waals surface area contributed by atoms with Crippen molar-refractivity contribution in [1.29, 1.82) is 0 Å². The smallest absolute Gasteiger partial charge is 0.504 e. The van der Waals surface area contributed by atoms with E-state index in [1.165, 1.54) is 0 Å². The molecule has 187 valence electrons. The SMILES string of the molecule is CC(=O)O.Oc1c2cccc1OCCOCCOc1cccc(c1O)C=Nc1ccccc1N=C2.[Mn+2]. The van der Waals surface area contributed by atoms with E-state index in [1.807, 2.05) is 24.3 Å². The monoisotopic (exact) mass is 533 g/mol. The van der Waals surface area contributed by atoms with Crippen LogP contribution in [0.3, 0.4) is 0 Å². The number of aliphatic imine (C=N–C) groups is 2. The number of ether oxygens (including phenoxy) is 3. The van der Waals surface area contributed by atoms with Gasteiger partial charge in [0, 0.05) is 30.5 Å². The summed E-state index contributed by atoms with van der Waals surface area (Å²) in [7, 11) is 0. The summed E-state index contributed by atoms with van der Waals surface area (Å²) in [6.45, 7) is 2.28. The van der Waals surface area contributed by atoms with E-state index in [9.17, 15) is 10.2 Å². The molecule has 0 atom stereocenters. The Labute approximate surface area is 219 Å². The van der Waals surface area contributed by atoms with Gasteiger partial charge < -0.3 is 29.5 Å². The molecule has 0 aromatic heterocycles. The number of rotatable bonds is 0. The zero-order valence-electron chi connectivity index (χ0n) is 19.5. The largest absolute Gasteiger partial charge is 2.00 e. The molecular formula is C26H26MnN2O7+2. The van der Waals surface area contributed by atoms with Crippen LogP contribution in [-0.2, 0) is 26.6 Å². The van der Waals surface area contributed by atoms with Crippen LogP contribution in [0.2, 0.25) is 0 Å². The van der Waals surface area contributed by atoms with Crippen molar-refractivity contribution in [2.24, 2.45) is 9.98 Å². The number of para-hydroxylation sites is 4. The Morgan fingerprint density at radius 3 is 1.56 bits per heavy atom. The molecule has 3 aromatic rings. The van der Waals surface area contributed by atoms with Crippen LogP contribution in [0.25, 0.3) is 0 Å². The quantitative estimate of drug-likeness (QED) is 0.364. The molecular weight excluding hydrogens is 507 g/mol. The average Bonchev–Trinajstić information content (AvgIpc) is 2.83. The van der Waals surface area contributed by atoms with Crippen LogP contribution in [-0.4, -0.2) is 60.1 Å². The topological polar surface area (TPSA) is 130 Å². The summed E-state index contributed by atoms with van der Waals surface area (Å²) in [6, 6.07) is 17.8. The Bertz CT molecular complexity index is 1120. The van der Waals surface area contributed by atoms with Gasteiger partial charge in [0.1, 0.15) is 13.2 Å². The molecule has 1 radical (unpaired) electrons. The molecule has 1 aliphatic rings. The number of carbonyl (C=O) groups is 1. The molecule has 0 aliphatic carbocycles. The molecule has 0 saturated heterocycles. The van der Waals surface area contributed by atoms with E-state index >= 15 is 0 Å². The van der Waals surface area contributed by atoms with Crippen molar-refractivity contribution in [1.82, 2.24) is 0 Å². The molecule has 10 heteroatoms. The summed E-state index contributed by atoms with van der Waals surface area (Å²) >= 11 is 0. The summed E-state index contributed by atoms with van der Waals surface area (Å²) in [5.74, 6) is -0.105. The van der Waals surface area contributed by atoms with Gasteiger partial charge in [0.25, 0.3) is 5.97 Å². The summed E-state index contributed by atoms with van der Waals surface area (Å²) < 4.78 is 16.8. The second kappa shape index (κ2) is 14.5. The molecule has 3 N–H and O–H groups in total. The molecule has 4 bridgehead atoms. The minimum atomic E-state index is -0.833. The van der Waals surface area contributed by atoms with Gasteiger partial charge in [0.15, 0.2) is 23.0 Å². The van der Waals surface area contributed by atoms with E-state index in [0.717, 1.165) is 6.92 Å². The predicted molar refractivity (Wildman–Crippen MR) is 132 cm³/mol. The molecule has 36 heavy (non-hydrogen) atoms. The fraction of sp³-hybridized carbons (Fsp3) is 0.192. The molecule has 0 saturated carbocycles. The summed E-state index contributed by atoms with van der Waals surface area (Å²) in [4.78, 5) is 18.0. The maximum absolute atomic E-state index is 10.5. The first kappa shape index (κ1) is 28.4. The van der Waals surface area contributed by atoms with Crippen LogP contribution < -0.4 is 9.47 Å². The number of hydrogen-bond donors (Lipinski definition) is 3. The van der Waals surface area contributed by atoms with E-state index < -0.39 is 5.97 Å². The summed E-state index contributed by atoms with van der Waals surface area (Å²) in [6.07, 6.45) is 3.13. The van der Waals surface area contributed by atoms with Crippen LogP contribution in [0, 0.1) is 0 Å². The Morgan fingerprint density at radius 1 is 0.722 bits per heavy atom. The van der Waals surface area contributed by atoms with Crippen LogP contribution >= 0.6 is 0 Å². The number of fused-ring (bicyclic) bond motifs is 5. The second-order valence-corrected chi connectivity index (χ2v) is 7.22. The van der Waals surface area contributed by atoms with Gasteiger partial charge in [-0.05, 0) is 36.4 Å². The van der Waals surface area contributed by atoms with Gasteiger partial charge in [0.2, 0.25) is 0 Å². The number of benzene rings is 3. The fourth-order valence-corrected chi connectivity index (χ4v) is 3.00. The summed E-state index contributed by atoms with van der Waals surface area (Å²) in [5, 5.41) is 28.4. The molecule has 1 aliphatic heterocycles. The molecule has 1 heterocycles. The van der Waals surface area contributed by atoms with E-state index in [2.05, 4.69) is 9.98 Å². The van der Waals surface area contributed by atoms with E-state index in [-0.39, 0.29) is 41.8 Å². The number of phenolic OH excluding ortho intramolecular Hbond substituents is 2. The molecule has 9 nitrogen and oxygen atoms in total. The van der Waals surface area contributed by atoms with E-state index in [0.29, 0.717) is 47.2 Å². The van der Waals surface area contributed by atoms with Gasteiger partial charge in [-0.25, -0.2) is 0 Å². The van der Waals surface area contributed by atoms with Crippen molar-refractivity contribution in [2.75, 3.05) is 26.4 Å². The average molecular weight is 533 g/mol. The van der Waals surface area contributed by atoms with Crippen molar-refractivity contribution < 1.29 is 51.4 Å². The minimum absolute atomic E-state index is 0. The van der Waals surface area contributed by atoms with E-state index in [4.69, 9.17) is 24.1 Å². The number of phenols is 2. The van der Waals surface area contributed by atoms with Crippen LogP contribution in [0.15, 0.2) is 70.6 Å². The van der Waals surface area contributed by atoms with Gasteiger partial charge in [-0.15, -0.1) is 0 Å². The van der Waals surface area contributed by atoms with Crippen LogP contribution in [0.1, 0.15) is 18.1 Å². The molecule has 0 spiro atoms. The molecule has 4 rings (SSSR count). The Balaban J connectivity index is 0.000000850. The van der Waals surface area contributed by atoms with Crippen molar-refractivity contribution in [3.63, 3.8) is 0 Å². The van der Waals surface area contributed by atoms with Crippen molar-refractivity contribution >= 4 is 29.8 Å². The number of nitrogens with zero attached hydrogens (tertiary/aromatic N) is 2. The fourth-order valence-electron chi connectivity index (χ4n) is 3.00. The zero-order chi connectivity index (χ0) is 25.0. The zero-order valence-corrected chi connectivity index (χ0v) is 20.7. The van der Waals surface area contributed by atoms with Gasteiger partial charge in [-0.2, -0.15) is 0 Å².